The summed E-state index contributed by atoms with van der Waals surface area (Å²) in [7, 11) is 0. The zero-order valence-electron chi connectivity index (χ0n) is 29.8. The molecule has 0 radical (unpaired) electrons. The predicted molar refractivity (Wildman–Crippen MR) is 223 cm³/mol. The Kier molecular flexibility index (Phi) is 7.10. The van der Waals surface area contributed by atoms with E-state index < -0.39 is 10.8 Å². The molecule has 2 aliphatic rings. The molecular weight excluding hydrogens is 637 g/mol. The van der Waals surface area contributed by atoms with Gasteiger partial charge in [-0.05, 0) is 108 Å². The Balaban J connectivity index is 1.45. The average molecular weight is 675 g/mol. The lowest BCUT2D eigenvalue weighted by molar-refractivity contribution is 0.759. The third-order valence-electron chi connectivity index (χ3n) is 11.9. The molecule has 0 unspecified atom stereocenters. The van der Waals surface area contributed by atoms with Gasteiger partial charge in [-0.25, -0.2) is 0 Å². The fraction of sp³-hybridized carbons (Fsp3) is 0.0566. The highest BCUT2D eigenvalue weighted by Crippen LogP contribution is 2.64. The molecular formula is C53H38. The maximum atomic E-state index is 4.06. The van der Waals surface area contributed by atoms with Crippen molar-refractivity contribution in [2.75, 3.05) is 0 Å². The van der Waals surface area contributed by atoms with Gasteiger partial charge in [-0.2, -0.15) is 0 Å². The molecule has 0 atom stereocenters. The van der Waals surface area contributed by atoms with Gasteiger partial charge >= 0.3 is 0 Å². The summed E-state index contributed by atoms with van der Waals surface area (Å²) in [6, 6.07) is 68.1. The van der Waals surface area contributed by atoms with Crippen LogP contribution in [0.1, 0.15) is 55.6 Å². The van der Waals surface area contributed by atoms with Crippen LogP contribution in [-0.4, -0.2) is 0 Å². The molecule has 0 saturated heterocycles. The van der Waals surface area contributed by atoms with Gasteiger partial charge in [0.05, 0.1) is 10.8 Å². The molecule has 2 aliphatic carbocycles. The van der Waals surface area contributed by atoms with E-state index >= 15 is 0 Å². The molecule has 0 saturated carbocycles. The maximum absolute atomic E-state index is 4.06. The number of benzene rings is 8. The van der Waals surface area contributed by atoms with Crippen molar-refractivity contribution in [3.8, 4) is 22.3 Å². The lowest BCUT2D eigenvalue weighted by Crippen LogP contribution is -2.30. The molecule has 53 heavy (non-hydrogen) atoms. The first-order valence-electron chi connectivity index (χ1n) is 18.6. The average Bonchev–Trinajstić information content (AvgIpc) is 3.69. The predicted octanol–water partition coefficient (Wildman–Crippen LogP) is 13.1. The highest BCUT2D eigenvalue weighted by Gasteiger charge is 2.52. The van der Waals surface area contributed by atoms with Gasteiger partial charge in [0.2, 0.25) is 0 Å². The Hall–Kier alpha value is -6.50. The molecule has 250 valence electrons. The minimum atomic E-state index is -0.540. The number of aryl methyl sites for hydroxylation is 1. The fourth-order valence-corrected chi connectivity index (χ4v) is 9.83. The van der Waals surface area contributed by atoms with Gasteiger partial charge in [0.15, 0.2) is 0 Å². The molecule has 0 aliphatic heterocycles. The molecule has 8 aromatic carbocycles. The van der Waals surface area contributed by atoms with E-state index in [0.29, 0.717) is 0 Å². The number of fused-ring (bicyclic) bond motifs is 8. The molecule has 0 fully saturated rings. The van der Waals surface area contributed by atoms with Crippen molar-refractivity contribution in [3.05, 3.63) is 256 Å². The molecule has 0 bridgehead atoms. The maximum Gasteiger partial charge on any atom is 0.0714 e. The first-order chi connectivity index (χ1) is 26.2. The number of hydrogen-bond donors (Lipinski definition) is 0. The standard InChI is InChI=1S/C53H38/c1-3-4-28-42-36(2)30-32-46-50(42)44-34-49-45(35-48(44)52(46,38-20-9-5-10-21-38)39-22-11-6-12-23-39)51-43-29-18-17-19-37(43)31-33-47(51)53(49,40-24-13-7-14-25-40)41-26-15-8-16-27-41/h3-35H,1H2,2H3/b28-4-. The van der Waals surface area contributed by atoms with Crippen molar-refractivity contribution in [1.29, 1.82) is 0 Å². The zero-order chi connectivity index (χ0) is 35.6. The normalized spacial score (nSPS) is 14.4. The second-order valence-electron chi connectivity index (χ2n) is 14.4. The third kappa shape index (κ3) is 4.24. The fourth-order valence-electron chi connectivity index (χ4n) is 9.83. The Morgan fingerprint density at radius 2 is 0.868 bits per heavy atom. The molecule has 0 aromatic heterocycles. The second-order valence-corrected chi connectivity index (χ2v) is 14.4. The van der Waals surface area contributed by atoms with Gasteiger partial charge in [-0.1, -0.05) is 195 Å². The van der Waals surface area contributed by atoms with Crippen LogP contribution in [-0.2, 0) is 10.8 Å². The van der Waals surface area contributed by atoms with E-state index in [0.717, 1.165) is 0 Å². The van der Waals surface area contributed by atoms with Crippen molar-refractivity contribution in [1.82, 2.24) is 0 Å². The zero-order valence-corrected chi connectivity index (χ0v) is 29.8. The molecule has 0 spiro atoms. The molecule has 0 nitrogen and oxygen atoms in total. The Morgan fingerprint density at radius 3 is 1.38 bits per heavy atom. The monoisotopic (exact) mass is 674 g/mol. The second kappa shape index (κ2) is 12.0. The molecule has 0 N–H and O–H groups in total. The van der Waals surface area contributed by atoms with Crippen molar-refractivity contribution >= 4 is 16.8 Å². The minimum Gasteiger partial charge on any atom is -0.0991 e. The van der Waals surface area contributed by atoms with E-state index in [4.69, 9.17) is 0 Å². The van der Waals surface area contributed by atoms with Crippen LogP contribution in [0.3, 0.4) is 0 Å². The third-order valence-corrected chi connectivity index (χ3v) is 11.9. The van der Waals surface area contributed by atoms with Crippen molar-refractivity contribution < 1.29 is 0 Å². The Morgan fingerprint density at radius 1 is 0.434 bits per heavy atom. The molecule has 0 heteroatoms. The molecule has 8 aromatic rings. The number of hydrogen-bond acceptors (Lipinski definition) is 0. The molecule has 10 rings (SSSR count). The van der Waals surface area contributed by atoms with Crippen LogP contribution < -0.4 is 0 Å². The van der Waals surface area contributed by atoms with Crippen molar-refractivity contribution in [2.24, 2.45) is 0 Å². The summed E-state index contributed by atoms with van der Waals surface area (Å²) in [5.41, 5.74) is 17.0. The summed E-state index contributed by atoms with van der Waals surface area (Å²) in [6.07, 6.45) is 6.23. The quantitative estimate of drug-likeness (QED) is 0.154. The van der Waals surface area contributed by atoms with Gasteiger partial charge in [-0.15, -0.1) is 0 Å². The van der Waals surface area contributed by atoms with Crippen LogP contribution >= 0.6 is 0 Å². The van der Waals surface area contributed by atoms with Gasteiger partial charge in [0.25, 0.3) is 0 Å². The Bertz CT molecular complexity index is 2640. The highest BCUT2D eigenvalue weighted by atomic mass is 14.5. The van der Waals surface area contributed by atoms with E-state index in [1.54, 1.807) is 0 Å². The minimum absolute atomic E-state index is 0.530. The molecule has 0 amide bonds. The topological polar surface area (TPSA) is 0 Å². The smallest absolute Gasteiger partial charge is 0.0714 e. The van der Waals surface area contributed by atoms with E-state index in [2.05, 4.69) is 208 Å². The van der Waals surface area contributed by atoms with Crippen LogP contribution in [0.15, 0.2) is 201 Å². The van der Waals surface area contributed by atoms with E-state index in [1.807, 2.05) is 6.08 Å². The van der Waals surface area contributed by atoms with Crippen LogP contribution in [0.25, 0.3) is 39.1 Å². The summed E-state index contributed by atoms with van der Waals surface area (Å²) in [4.78, 5) is 0. The van der Waals surface area contributed by atoms with E-state index in [1.165, 1.54) is 88.7 Å². The highest BCUT2D eigenvalue weighted by molar-refractivity contribution is 6.06. The summed E-state index contributed by atoms with van der Waals surface area (Å²) in [6.45, 7) is 6.30. The number of rotatable bonds is 6. The first kappa shape index (κ1) is 31.3. The summed E-state index contributed by atoms with van der Waals surface area (Å²) in [5.74, 6) is 0. The van der Waals surface area contributed by atoms with Crippen molar-refractivity contribution in [2.45, 2.75) is 17.8 Å². The van der Waals surface area contributed by atoms with Crippen LogP contribution in [0.4, 0.5) is 0 Å². The van der Waals surface area contributed by atoms with Crippen LogP contribution in [0.2, 0.25) is 0 Å². The SMILES string of the molecule is C=C/C=C\c1c(C)ccc2c1-c1cc3c(cc1C2(c1ccccc1)c1ccccc1)-c1c(ccc2ccccc12)C3(c1ccccc1)c1ccccc1. The van der Waals surface area contributed by atoms with Gasteiger partial charge in [0, 0.05) is 0 Å². The van der Waals surface area contributed by atoms with Gasteiger partial charge in [0.1, 0.15) is 0 Å². The summed E-state index contributed by atoms with van der Waals surface area (Å²) in [5, 5.41) is 2.54. The largest absolute Gasteiger partial charge is 0.0991 e. The van der Waals surface area contributed by atoms with Gasteiger partial charge in [-0.3, -0.25) is 0 Å². The van der Waals surface area contributed by atoms with Crippen molar-refractivity contribution in [3.63, 3.8) is 0 Å². The van der Waals surface area contributed by atoms with Crippen LogP contribution in [0, 0.1) is 6.92 Å². The lowest BCUT2D eigenvalue weighted by atomic mass is 9.66. The molecule has 0 heterocycles. The first-order valence-corrected chi connectivity index (χ1v) is 18.6. The lowest BCUT2D eigenvalue weighted by Gasteiger charge is -2.35. The van der Waals surface area contributed by atoms with Crippen LogP contribution in [0.5, 0.6) is 0 Å². The van der Waals surface area contributed by atoms with E-state index in [9.17, 15) is 0 Å². The Labute approximate surface area is 312 Å². The summed E-state index contributed by atoms with van der Waals surface area (Å²) >= 11 is 0. The number of allylic oxidation sites excluding steroid dienone is 2. The van der Waals surface area contributed by atoms with Gasteiger partial charge < -0.3 is 0 Å². The van der Waals surface area contributed by atoms with E-state index in [-0.39, 0.29) is 0 Å². The summed E-state index contributed by atoms with van der Waals surface area (Å²) < 4.78 is 0.